The first-order valence-corrected chi connectivity index (χ1v) is 19.3. The van der Waals surface area contributed by atoms with Gasteiger partial charge in [0.1, 0.15) is 11.2 Å². The van der Waals surface area contributed by atoms with Crippen LogP contribution in [0.3, 0.4) is 0 Å². The van der Waals surface area contributed by atoms with Gasteiger partial charge in [-0.25, -0.2) is 4.98 Å². The molecule has 0 saturated heterocycles. The van der Waals surface area contributed by atoms with Gasteiger partial charge in [0.25, 0.3) is 0 Å². The zero-order valence-corrected chi connectivity index (χ0v) is 30.7. The van der Waals surface area contributed by atoms with Crippen LogP contribution in [0.5, 0.6) is 0 Å². The molecule has 57 heavy (non-hydrogen) atoms. The number of nitrogens with zero attached hydrogens (tertiary/aromatic N) is 4. The molecule has 0 radical (unpaired) electrons. The Bertz CT molecular complexity index is 3370. The van der Waals surface area contributed by atoms with Crippen molar-refractivity contribution in [3.8, 4) is 51.0 Å². The smallest absolute Gasteiger partial charge is 0.238 e. The molecule has 266 valence electrons. The lowest BCUT2D eigenvalue weighted by molar-refractivity contribution is 0.669. The van der Waals surface area contributed by atoms with Gasteiger partial charge in [0.15, 0.2) is 11.6 Å². The van der Waals surface area contributed by atoms with Crippen LogP contribution in [0.25, 0.3) is 112 Å². The maximum Gasteiger partial charge on any atom is 0.238 e. The molecule has 0 aliphatic heterocycles. The zero-order chi connectivity index (χ0) is 37.5. The summed E-state index contributed by atoms with van der Waals surface area (Å²) in [7, 11) is 0. The lowest BCUT2D eigenvalue weighted by Gasteiger charge is -2.16. The molecule has 12 rings (SSSR count). The Hall–Kier alpha value is -7.63. The molecule has 0 atom stereocenters. The van der Waals surface area contributed by atoms with Crippen LogP contribution >= 0.6 is 0 Å². The number of hydrogen-bond acceptors (Lipinski definition) is 4. The Kier molecular flexibility index (Phi) is 6.92. The molecular formula is C52H32N4O. The molecule has 0 amide bonds. The van der Waals surface area contributed by atoms with E-state index in [9.17, 15) is 0 Å². The van der Waals surface area contributed by atoms with Crippen molar-refractivity contribution in [2.24, 2.45) is 0 Å². The second-order valence-electron chi connectivity index (χ2n) is 14.7. The molecule has 0 bridgehead atoms. The van der Waals surface area contributed by atoms with E-state index in [-0.39, 0.29) is 0 Å². The maximum atomic E-state index is 6.54. The number of furan rings is 1. The zero-order valence-electron chi connectivity index (χ0n) is 30.7. The SMILES string of the molecule is C1=Cc2ccc(-c3cccc4oc5ccc(-c6ccc7c8ccccc8n(-c8nc(-c9ccccc9)nc(-c9ccccc9)n8)c7c6)cc5c34)c3cccc(c23)C1. The van der Waals surface area contributed by atoms with Gasteiger partial charge in [-0.2, -0.15) is 9.97 Å². The maximum absolute atomic E-state index is 6.54. The van der Waals surface area contributed by atoms with E-state index < -0.39 is 0 Å². The summed E-state index contributed by atoms with van der Waals surface area (Å²) >= 11 is 0. The molecular weight excluding hydrogens is 697 g/mol. The van der Waals surface area contributed by atoms with E-state index in [1.807, 2.05) is 60.7 Å². The first-order valence-electron chi connectivity index (χ1n) is 19.3. The minimum absolute atomic E-state index is 0.573. The van der Waals surface area contributed by atoms with Gasteiger partial charge in [0.05, 0.1) is 11.0 Å². The summed E-state index contributed by atoms with van der Waals surface area (Å²) < 4.78 is 8.73. The van der Waals surface area contributed by atoms with Crippen molar-refractivity contribution in [3.05, 3.63) is 187 Å². The van der Waals surface area contributed by atoms with Crippen molar-refractivity contribution in [2.75, 3.05) is 0 Å². The van der Waals surface area contributed by atoms with E-state index in [0.29, 0.717) is 17.6 Å². The molecule has 1 aliphatic carbocycles. The summed E-state index contributed by atoms with van der Waals surface area (Å²) in [6.45, 7) is 0. The average Bonchev–Trinajstić information content (AvgIpc) is 3.82. The number of hydrogen-bond donors (Lipinski definition) is 0. The van der Waals surface area contributed by atoms with Crippen LogP contribution in [0.2, 0.25) is 0 Å². The van der Waals surface area contributed by atoms with E-state index in [2.05, 4.69) is 126 Å². The molecule has 0 fully saturated rings. The van der Waals surface area contributed by atoms with Crippen LogP contribution in [-0.4, -0.2) is 19.5 Å². The van der Waals surface area contributed by atoms with Gasteiger partial charge >= 0.3 is 0 Å². The van der Waals surface area contributed by atoms with Crippen molar-refractivity contribution in [1.29, 1.82) is 0 Å². The van der Waals surface area contributed by atoms with E-state index in [1.165, 1.54) is 33.0 Å². The third-order valence-electron chi connectivity index (χ3n) is 11.5. The summed E-state index contributed by atoms with van der Waals surface area (Å²) in [5.74, 6) is 1.83. The molecule has 0 unspecified atom stereocenters. The third kappa shape index (κ3) is 4.99. The molecule has 3 aromatic heterocycles. The van der Waals surface area contributed by atoms with E-state index in [0.717, 1.165) is 72.4 Å². The number of allylic oxidation sites excluding steroid dienone is 1. The van der Waals surface area contributed by atoms with Crippen LogP contribution in [-0.2, 0) is 6.42 Å². The minimum Gasteiger partial charge on any atom is -0.456 e. The third-order valence-corrected chi connectivity index (χ3v) is 11.5. The van der Waals surface area contributed by atoms with E-state index in [4.69, 9.17) is 19.4 Å². The molecule has 3 heterocycles. The Morgan fingerprint density at radius 1 is 0.439 bits per heavy atom. The Morgan fingerprint density at radius 3 is 1.96 bits per heavy atom. The Balaban J connectivity index is 1.07. The van der Waals surface area contributed by atoms with Gasteiger partial charge in [-0.1, -0.05) is 152 Å². The standard InChI is InChI=1S/C52H32N4O/c1-3-12-34(13-4-1)50-53-51(35-14-5-2-6-15-35)55-52(54-50)56-44-22-8-7-19-39(44)40-28-25-37(31-45(40)56)36-26-29-46-43(30-36)49-42(21-11-23-47(49)57-46)38-27-24-33-17-9-16-32-18-10-20-41(38)48(32)33/h1-15,17-31H,16H2. The number of rotatable bonds is 5. The van der Waals surface area contributed by atoms with Gasteiger partial charge in [0, 0.05) is 32.7 Å². The average molecular weight is 729 g/mol. The fraction of sp³-hybridized carbons (Fsp3) is 0.0192. The summed E-state index contributed by atoms with van der Waals surface area (Å²) in [6.07, 6.45) is 5.46. The normalized spacial score (nSPS) is 12.4. The fourth-order valence-electron chi connectivity index (χ4n) is 8.86. The first kappa shape index (κ1) is 31.7. The van der Waals surface area contributed by atoms with Gasteiger partial charge in [-0.15, -0.1) is 0 Å². The first-order chi connectivity index (χ1) is 28.2. The largest absolute Gasteiger partial charge is 0.456 e. The van der Waals surface area contributed by atoms with Crippen LogP contribution < -0.4 is 0 Å². The highest BCUT2D eigenvalue weighted by Crippen LogP contribution is 2.43. The van der Waals surface area contributed by atoms with Gasteiger partial charge in [0.2, 0.25) is 5.95 Å². The number of para-hydroxylation sites is 1. The predicted octanol–water partition coefficient (Wildman–Crippen LogP) is 13.3. The van der Waals surface area contributed by atoms with Crippen molar-refractivity contribution in [1.82, 2.24) is 19.5 Å². The number of fused-ring (bicyclic) bond motifs is 6. The number of benzene rings is 8. The highest BCUT2D eigenvalue weighted by Gasteiger charge is 2.20. The summed E-state index contributed by atoms with van der Waals surface area (Å²) in [6, 6.07) is 59.7. The van der Waals surface area contributed by atoms with E-state index >= 15 is 0 Å². The molecule has 0 saturated carbocycles. The second-order valence-corrected chi connectivity index (χ2v) is 14.7. The molecule has 5 heteroatoms. The summed E-state index contributed by atoms with van der Waals surface area (Å²) in [5.41, 5.74) is 12.9. The molecule has 0 N–H and O–H groups in total. The van der Waals surface area contributed by atoms with Crippen LogP contribution in [0, 0.1) is 0 Å². The van der Waals surface area contributed by atoms with Gasteiger partial charge in [-0.05, 0) is 80.9 Å². The molecule has 1 aliphatic rings. The lowest BCUT2D eigenvalue weighted by Crippen LogP contribution is -2.06. The number of aromatic nitrogens is 4. The van der Waals surface area contributed by atoms with Crippen molar-refractivity contribution in [3.63, 3.8) is 0 Å². The highest BCUT2D eigenvalue weighted by atomic mass is 16.3. The fourth-order valence-corrected chi connectivity index (χ4v) is 8.86. The highest BCUT2D eigenvalue weighted by molar-refractivity contribution is 6.17. The topological polar surface area (TPSA) is 56.7 Å². The van der Waals surface area contributed by atoms with Crippen LogP contribution in [0.15, 0.2) is 180 Å². The molecule has 11 aromatic rings. The quantitative estimate of drug-likeness (QED) is 0.177. The second kappa shape index (κ2) is 12.4. The van der Waals surface area contributed by atoms with E-state index in [1.54, 1.807) is 0 Å². The summed E-state index contributed by atoms with van der Waals surface area (Å²) in [4.78, 5) is 15.3. The summed E-state index contributed by atoms with van der Waals surface area (Å²) in [5, 5.41) is 7.11. The van der Waals surface area contributed by atoms with Crippen molar-refractivity contribution in [2.45, 2.75) is 6.42 Å². The van der Waals surface area contributed by atoms with Gasteiger partial charge in [-0.3, -0.25) is 4.57 Å². The van der Waals surface area contributed by atoms with Crippen molar-refractivity contribution < 1.29 is 4.42 Å². The molecule has 5 nitrogen and oxygen atoms in total. The Labute approximate surface area is 327 Å². The predicted molar refractivity (Wildman–Crippen MR) is 233 cm³/mol. The van der Waals surface area contributed by atoms with Gasteiger partial charge < -0.3 is 4.42 Å². The van der Waals surface area contributed by atoms with Crippen molar-refractivity contribution >= 4 is 60.6 Å². The van der Waals surface area contributed by atoms with Crippen LogP contribution in [0.4, 0.5) is 0 Å². The monoisotopic (exact) mass is 728 g/mol. The minimum atomic E-state index is 0.573. The lowest BCUT2D eigenvalue weighted by atomic mass is 9.87. The molecule has 0 spiro atoms. The Morgan fingerprint density at radius 2 is 1.14 bits per heavy atom. The molecule has 8 aromatic carbocycles. The van der Waals surface area contributed by atoms with Crippen LogP contribution in [0.1, 0.15) is 11.1 Å².